The molecule has 0 aliphatic carbocycles. The SMILES string of the molecule is CCC1CN(S(=O)(=O)c2ccc(Br)cc2)c2ccccc2O1. The molecule has 0 spiro atoms. The number of rotatable bonds is 3. The van der Waals surface area contributed by atoms with Gasteiger partial charge in [0.15, 0.2) is 0 Å². The van der Waals surface area contributed by atoms with Gasteiger partial charge < -0.3 is 4.74 Å². The summed E-state index contributed by atoms with van der Waals surface area (Å²) in [4.78, 5) is 0.280. The summed E-state index contributed by atoms with van der Waals surface area (Å²) >= 11 is 3.33. The average molecular weight is 382 g/mol. The molecule has 116 valence electrons. The Morgan fingerprint density at radius 2 is 1.86 bits per heavy atom. The van der Waals surface area contributed by atoms with E-state index in [2.05, 4.69) is 15.9 Å². The second-order valence-corrected chi connectivity index (χ2v) is 7.88. The van der Waals surface area contributed by atoms with Crippen LogP contribution >= 0.6 is 15.9 Å². The van der Waals surface area contributed by atoms with Crippen LogP contribution < -0.4 is 9.04 Å². The largest absolute Gasteiger partial charge is 0.486 e. The van der Waals surface area contributed by atoms with Crippen LogP contribution in [0.15, 0.2) is 57.9 Å². The van der Waals surface area contributed by atoms with Crippen LogP contribution in [0.5, 0.6) is 5.75 Å². The second kappa shape index (κ2) is 5.93. The molecule has 1 aliphatic rings. The highest BCUT2D eigenvalue weighted by Gasteiger charge is 2.33. The zero-order valence-electron chi connectivity index (χ0n) is 12.1. The lowest BCUT2D eigenvalue weighted by Crippen LogP contribution is -2.43. The highest BCUT2D eigenvalue weighted by atomic mass is 79.9. The van der Waals surface area contributed by atoms with Gasteiger partial charge in [0.25, 0.3) is 10.0 Å². The van der Waals surface area contributed by atoms with Crippen LogP contribution in [0.1, 0.15) is 13.3 Å². The predicted octanol–water partition coefficient (Wildman–Crippen LogP) is 3.82. The Labute approximate surface area is 138 Å². The number of benzene rings is 2. The van der Waals surface area contributed by atoms with Crippen molar-refractivity contribution in [1.82, 2.24) is 0 Å². The maximum absolute atomic E-state index is 13.0. The standard InChI is InChI=1S/C16H16BrNO3S/c1-2-13-11-18(15-5-3-4-6-16(15)21-13)22(19,20)14-9-7-12(17)8-10-14/h3-10,13H,2,11H2,1H3. The van der Waals surface area contributed by atoms with Crippen molar-refractivity contribution in [2.75, 3.05) is 10.8 Å². The summed E-state index contributed by atoms with van der Waals surface area (Å²) in [5.74, 6) is 0.612. The van der Waals surface area contributed by atoms with Crippen LogP contribution in [0.2, 0.25) is 0 Å². The van der Waals surface area contributed by atoms with Gasteiger partial charge in [-0.2, -0.15) is 0 Å². The van der Waals surface area contributed by atoms with Crippen LogP contribution in [0, 0.1) is 0 Å². The van der Waals surface area contributed by atoms with Crippen molar-refractivity contribution in [2.45, 2.75) is 24.3 Å². The predicted molar refractivity (Wildman–Crippen MR) is 89.8 cm³/mol. The summed E-state index contributed by atoms with van der Waals surface area (Å²) in [6.45, 7) is 2.31. The zero-order chi connectivity index (χ0) is 15.7. The molecule has 2 aromatic carbocycles. The maximum atomic E-state index is 13.0. The minimum Gasteiger partial charge on any atom is -0.486 e. The Morgan fingerprint density at radius 3 is 2.55 bits per heavy atom. The molecule has 0 aromatic heterocycles. The minimum atomic E-state index is -3.60. The van der Waals surface area contributed by atoms with E-state index in [1.807, 2.05) is 19.1 Å². The van der Waals surface area contributed by atoms with Gasteiger partial charge in [-0.05, 0) is 42.8 Å². The van der Waals surface area contributed by atoms with Crippen molar-refractivity contribution in [1.29, 1.82) is 0 Å². The Kier molecular flexibility index (Phi) is 4.14. The van der Waals surface area contributed by atoms with E-state index < -0.39 is 10.0 Å². The van der Waals surface area contributed by atoms with Gasteiger partial charge in [-0.3, -0.25) is 4.31 Å². The fraction of sp³-hybridized carbons (Fsp3) is 0.250. The topological polar surface area (TPSA) is 46.6 Å². The van der Waals surface area contributed by atoms with E-state index in [-0.39, 0.29) is 11.0 Å². The lowest BCUT2D eigenvalue weighted by Gasteiger charge is -2.35. The van der Waals surface area contributed by atoms with Crippen LogP contribution in [0.3, 0.4) is 0 Å². The summed E-state index contributed by atoms with van der Waals surface area (Å²) < 4.78 is 34.1. The number of ether oxygens (including phenoxy) is 1. The van der Waals surface area contributed by atoms with Crippen molar-refractivity contribution < 1.29 is 13.2 Å². The van der Waals surface area contributed by atoms with Gasteiger partial charge in [0.05, 0.1) is 17.1 Å². The van der Waals surface area contributed by atoms with Crippen molar-refractivity contribution in [2.24, 2.45) is 0 Å². The number of hydrogen-bond donors (Lipinski definition) is 0. The molecule has 6 heteroatoms. The Balaban J connectivity index is 2.08. The normalized spacial score (nSPS) is 17.7. The summed E-state index contributed by atoms with van der Waals surface area (Å²) in [7, 11) is -3.60. The smallest absolute Gasteiger partial charge is 0.264 e. The minimum absolute atomic E-state index is 0.139. The van der Waals surface area contributed by atoms with Crippen molar-refractivity contribution >= 4 is 31.6 Å². The highest BCUT2D eigenvalue weighted by Crippen LogP contribution is 2.37. The summed E-state index contributed by atoms with van der Waals surface area (Å²) in [5.41, 5.74) is 0.593. The van der Waals surface area contributed by atoms with E-state index in [0.29, 0.717) is 18.0 Å². The molecule has 0 radical (unpaired) electrons. The molecule has 0 amide bonds. The number of para-hydroxylation sites is 2. The first-order chi connectivity index (χ1) is 10.5. The monoisotopic (exact) mass is 381 g/mol. The summed E-state index contributed by atoms with van der Waals surface area (Å²) in [6.07, 6.45) is 0.612. The first-order valence-corrected chi connectivity index (χ1v) is 9.29. The van der Waals surface area contributed by atoms with Crippen LogP contribution in [0.25, 0.3) is 0 Å². The molecule has 0 saturated heterocycles. The van der Waals surface area contributed by atoms with E-state index in [9.17, 15) is 8.42 Å². The molecule has 1 aliphatic heterocycles. The second-order valence-electron chi connectivity index (χ2n) is 5.11. The fourth-order valence-electron chi connectivity index (χ4n) is 2.44. The third-order valence-corrected chi connectivity index (χ3v) is 5.98. The number of anilines is 1. The molecule has 3 rings (SSSR count). The molecule has 0 N–H and O–H groups in total. The number of fused-ring (bicyclic) bond motifs is 1. The third-order valence-electron chi connectivity index (χ3n) is 3.65. The molecule has 0 bridgehead atoms. The van der Waals surface area contributed by atoms with Crippen molar-refractivity contribution in [3.8, 4) is 5.75 Å². The third kappa shape index (κ3) is 2.73. The molecule has 2 aromatic rings. The van der Waals surface area contributed by atoms with Crippen molar-refractivity contribution in [3.05, 3.63) is 53.0 Å². The van der Waals surface area contributed by atoms with Gasteiger partial charge >= 0.3 is 0 Å². The van der Waals surface area contributed by atoms with Gasteiger partial charge in [-0.1, -0.05) is 35.0 Å². The molecule has 22 heavy (non-hydrogen) atoms. The quantitative estimate of drug-likeness (QED) is 0.811. The molecule has 4 nitrogen and oxygen atoms in total. The van der Waals surface area contributed by atoms with Gasteiger partial charge in [0.1, 0.15) is 11.9 Å². The van der Waals surface area contributed by atoms with E-state index in [0.717, 1.165) is 10.9 Å². The van der Waals surface area contributed by atoms with Gasteiger partial charge in [0, 0.05) is 4.47 Å². The molecular weight excluding hydrogens is 366 g/mol. The lowest BCUT2D eigenvalue weighted by atomic mass is 10.2. The number of hydrogen-bond acceptors (Lipinski definition) is 3. The van der Waals surface area contributed by atoms with Crippen LogP contribution in [-0.2, 0) is 10.0 Å². The number of nitrogens with zero attached hydrogens (tertiary/aromatic N) is 1. The maximum Gasteiger partial charge on any atom is 0.264 e. The summed E-state index contributed by atoms with van der Waals surface area (Å²) in [5, 5.41) is 0. The van der Waals surface area contributed by atoms with Gasteiger partial charge in [0.2, 0.25) is 0 Å². The van der Waals surface area contributed by atoms with E-state index in [4.69, 9.17) is 4.74 Å². The molecule has 1 atom stereocenters. The summed E-state index contributed by atoms with van der Waals surface area (Å²) in [6, 6.07) is 13.9. The molecule has 0 saturated carbocycles. The average Bonchev–Trinajstić information content (AvgIpc) is 2.54. The van der Waals surface area contributed by atoms with Crippen molar-refractivity contribution in [3.63, 3.8) is 0 Å². The Hall–Kier alpha value is -1.53. The highest BCUT2D eigenvalue weighted by molar-refractivity contribution is 9.10. The fourth-order valence-corrected chi connectivity index (χ4v) is 4.21. The molecule has 0 fully saturated rings. The molecular formula is C16H16BrNO3S. The Morgan fingerprint density at radius 1 is 1.18 bits per heavy atom. The number of sulfonamides is 1. The number of halogens is 1. The molecule has 1 heterocycles. The lowest BCUT2D eigenvalue weighted by molar-refractivity contribution is 0.196. The van der Waals surface area contributed by atoms with Crippen LogP contribution in [-0.4, -0.2) is 21.1 Å². The van der Waals surface area contributed by atoms with Gasteiger partial charge in [-0.15, -0.1) is 0 Å². The zero-order valence-corrected chi connectivity index (χ0v) is 14.5. The Bertz CT molecular complexity index is 774. The van der Waals surface area contributed by atoms with E-state index in [1.54, 1.807) is 36.4 Å². The van der Waals surface area contributed by atoms with E-state index in [1.165, 1.54) is 4.31 Å². The van der Waals surface area contributed by atoms with E-state index >= 15 is 0 Å². The first-order valence-electron chi connectivity index (χ1n) is 7.06. The first kappa shape index (κ1) is 15.4. The molecule has 1 unspecified atom stereocenters. The van der Waals surface area contributed by atoms with Crippen LogP contribution in [0.4, 0.5) is 5.69 Å². The van der Waals surface area contributed by atoms with Gasteiger partial charge in [-0.25, -0.2) is 8.42 Å².